The molecular formula is C10H13BrN2O. The maximum absolute atomic E-state index is 11.1. The molecule has 1 rings (SSSR count). The first-order valence-corrected chi connectivity index (χ1v) is 5.18. The summed E-state index contributed by atoms with van der Waals surface area (Å²) in [7, 11) is 1.75. The Bertz CT molecular complexity index is 315. The van der Waals surface area contributed by atoms with Crippen molar-refractivity contribution in [2.75, 3.05) is 13.6 Å². The molecule has 0 spiro atoms. The number of amides is 1. The summed E-state index contributed by atoms with van der Waals surface area (Å²) < 4.78 is 1.02. The molecule has 0 saturated carbocycles. The van der Waals surface area contributed by atoms with Gasteiger partial charge >= 0.3 is 0 Å². The van der Waals surface area contributed by atoms with Crippen LogP contribution in [0.15, 0.2) is 28.7 Å². The van der Waals surface area contributed by atoms with Gasteiger partial charge in [-0.3, -0.25) is 4.79 Å². The topological polar surface area (TPSA) is 41.1 Å². The van der Waals surface area contributed by atoms with Crippen molar-refractivity contribution in [2.45, 2.75) is 6.54 Å². The Hall–Kier alpha value is -0.870. The Labute approximate surface area is 92.0 Å². The number of rotatable bonds is 4. The van der Waals surface area contributed by atoms with Crippen molar-refractivity contribution >= 4 is 21.8 Å². The van der Waals surface area contributed by atoms with Crippen molar-refractivity contribution in [1.29, 1.82) is 0 Å². The molecule has 0 aliphatic carbocycles. The van der Waals surface area contributed by atoms with Crippen LogP contribution in [0.4, 0.5) is 0 Å². The van der Waals surface area contributed by atoms with Gasteiger partial charge in [-0.1, -0.05) is 34.1 Å². The molecule has 0 unspecified atom stereocenters. The summed E-state index contributed by atoms with van der Waals surface area (Å²) in [6.45, 7) is 0.909. The molecule has 0 aromatic heterocycles. The predicted molar refractivity (Wildman–Crippen MR) is 59.9 cm³/mol. The highest BCUT2D eigenvalue weighted by Gasteiger charge is 2.01. The first-order chi connectivity index (χ1) is 6.74. The van der Waals surface area contributed by atoms with Gasteiger partial charge in [0.05, 0.1) is 6.54 Å². The Morgan fingerprint density at radius 3 is 2.79 bits per heavy atom. The number of carbonyl (C=O) groups excluding carboxylic acids is 1. The first kappa shape index (κ1) is 11.2. The maximum Gasteiger partial charge on any atom is 0.234 e. The van der Waals surface area contributed by atoms with E-state index >= 15 is 0 Å². The lowest BCUT2D eigenvalue weighted by atomic mass is 10.2. The molecule has 2 N–H and O–H groups in total. The molecule has 0 atom stereocenters. The van der Waals surface area contributed by atoms with Crippen molar-refractivity contribution in [3.8, 4) is 0 Å². The van der Waals surface area contributed by atoms with E-state index < -0.39 is 0 Å². The summed E-state index contributed by atoms with van der Waals surface area (Å²) in [6, 6.07) is 7.83. The van der Waals surface area contributed by atoms with Gasteiger partial charge in [0.25, 0.3) is 0 Å². The Morgan fingerprint density at radius 2 is 2.14 bits per heavy atom. The average Bonchev–Trinajstić information content (AvgIpc) is 2.17. The second kappa shape index (κ2) is 5.78. The summed E-state index contributed by atoms with van der Waals surface area (Å²) in [4.78, 5) is 11.1. The normalized spacial score (nSPS) is 9.86. The van der Waals surface area contributed by atoms with E-state index in [1.54, 1.807) is 7.05 Å². The van der Waals surface area contributed by atoms with Crippen LogP contribution in [0.25, 0.3) is 0 Å². The van der Waals surface area contributed by atoms with Gasteiger partial charge in [-0.15, -0.1) is 0 Å². The van der Waals surface area contributed by atoms with Gasteiger partial charge in [0, 0.05) is 11.0 Å². The zero-order valence-corrected chi connectivity index (χ0v) is 9.60. The van der Waals surface area contributed by atoms with Gasteiger partial charge in [0.15, 0.2) is 0 Å². The second-order valence-electron chi connectivity index (χ2n) is 2.90. The Morgan fingerprint density at radius 1 is 1.43 bits per heavy atom. The Balaban J connectivity index is 2.46. The van der Waals surface area contributed by atoms with E-state index in [0.717, 1.165) is 10.0 Å². The zero-order valence-electron chi connectivity index (χ0n) is 8.01. The van der Waals surface area contributed by atoms with Crippen LogP contribution in [0, 0.1) is 0 Å². The largest absolute Gasteiger partial charge is 0.351 e. The van der Waals surface area contributed by atoms with E-state index in [2.05, 4.69) is 26.6 Å². The lowest BCUT2D eigenvalue weighted by Crippen LogP contribution is -2.31. The fourth-order valence-corrected chi connectivity index (χ4v) is 1.48. The van der Waals surface area contributed by atoms with Crippen molar-refractivity contribution in [3.05, 3.63) is 34.3 Å². The van der Waals surface area contributed by atoms with Gasteiger partial charge < -0.3 is 10.6 Å². The molecule has 0 bridgehead atoms. The van der Waals surface area contributed by atoms with Crippen LogP contribution in [0.5, 0.6) is 0 Å². The van der Waals surface area contributed by atoms with Crippen molar-refractivity contribution in [3.63, 3.8) is 0 Å². The molecule has 0 aliphatic heterocycles. The van der Waals surface area contributed by atoms with Gasteiger partial charge in [-0.25, -0.2) is 0 Å². The van der Waals surface area contributed by atoms with Crippen LogP contribution < -0.4 is 10.6 Å². The minimum atomic E-state index is 0.00301. The van der Waals surface area contributed by atoms with Crippen LogP contribution in [0.3, 0.4) is 0 Å². The summed E-state index contributed by atoms with van der Waals surface area (Å²) in [6.07, 6.45) is 0. The first-order valence-electron chi connectivity index (χ1n) is 4.38. The molecule has 3 nitrogen and oxygen atoms in total. The summed E-state index contributed by atoms with van der Waals surface area (Å²) in [5, 5.41) is 5.60. The molecule has 0 heterocycles. The lowest BCUT2D eigenvalue weighted by molar-refractivity contribution is -0.120. The molecule has 1 aromatic carbocycles. The molecule has 14 heavy (non-hydrogen) atoms. The van der Waals surface area contributed by atoms with Crippen LogP contribution in [-0.2, 0) is 11.3 Å². The van der Waals surface area contributed by atoms with E-state index in [-0.39, 0.29) is 5.91 Å². The van der Waals surface area contributed by atoms with Gasteiger partial charge in [-0.05, 0) is 18.7 Å². The minimum Gasteiger partial charge on any atom is -0.351 e. The number of benzene rings is 1. The summed E-state index contributed by atoms with van der Waals surface area (Å²) >= 11 is 3.42. The van der Waals surface area contributed by atoms with E-state index in [1.165, 1.54) is 0 Å². The highest BCUT2D eigenvalue weighted by Crippen LogP contribution is 2.14. The van der Waals surface area contributed by atoms with Gasteiger partial charge in [0.1, 0.15) is 0 Å². The van der Waals surface area contributed by atoms with Crippen LogP contribution in [0.2, 0.25) is 0 Å². The quantitative estimate of drug-likeness (QED) is 0.853. The van der Waals surface area contributed by atoms with Crippen molar-refractivity contribution in [2.24, 2.45) is 0 Å². The molecule has 0 aliphatic rings. The molecule has 0 fully saturated rings. The Kier molecular flexibility index (Phi) is 4.62. The van der Waals surface area contributed by atoms with Gasteiger partial charge in [-0.2, -0.15) is 0 Å². The second-order valence-corrected chi connectivity index (χ2v) is 3.75. The third-order valence-electron chi connectivity index (χ3n) is 1.77. The predicted octanol–water partition coefficient (Wildman–Crippen LogP) is 1.28. The summed E-state index contributed by atoms with van der Waals surface area (Å²) in [5.74, 6) is 0.00301. The van der Waals surface area contributed by atoms with Crippen LogP contribution >= 0.6 is 15.9 Å². The SMILES string of the molecule is CNCC(=O)NCc1ccccc1Br. The summed E-state index contributed by atoms with van der Waals surface area (Å²) in [5.41, 5.74) is 1.08. The lowest BCUT2D eigenvalue weighted by Gasteiger charge is -2.06. The standard InChI is InChI=1S/C10H13BrN2O/c1-12-7-10(14)13-6-8-4-2-3-5-9(8)11/h2-5,12H,6-7H2,1H3,(H,13,14). The molecule has 4 heteroatoms. The number of halogens is 1. The average molecular weight is 257 g/mol. The zero-order chi connectivity index (χ0) is 10.4. The number of nitrogens with one attached hydrogen (secondary N) is 2. The number of hydrogen-bond acceptors (Lipinski definition) is 2. The fourth-order valence-electron chi connectivity index (χ4n) is 1.06. The third kappa shape index (κ3) is 3.47. The molecule has 1 aromatic rings. The van der Waals surface area contributed by atoms with E-state index in [9.17, 15) is 4.79 Å². The fraction of sp³-hybridized carbons (Fsp3) is 0.300. The minimum absolute atomic E-state index is 0.00301. The number of hydrogen-bond donors (Lipinski definition) is 2. The van der Waals surface area contributed by atoms with E-state index in [4.69, 9.17) is 0 Å². The van der Waals surface area contributed by atoms with E-state index in [1.807, 2.05) is 24.3 Å². The number of carbonyl (C=O) groups is 1. The maximum atomic E-state index is 11.1. The monoisotopic (exact) mass is 256 g/mol. The third-order valence-corrected chi connectivity index (χ3v) is 2.54. The van der Waals surface area contributed by atoms with Gasteiger partial charge in [0.2, 0.25) is 5.91 Å². The molecule has 0 radical (unpaired) electrons. The van der Waals surface area contributed by atoms with E-state index in [0.29, 0.717) is 13.1 Å². The highest BCUT2D eigenvalue weighted by molar-refractivity contribution is 9.10. The number of likely N-dealkylation sites (N-methyl/N-ethyl adjacent to an activating group) is 1. The molecule has 76 valence electrons. The van der Waals surface area contributed by atoms with Crippen LogP contribution in [-0.4, -0.2) is 19.5 Å². The molecular weight excluding hydrogens is 244 g/mol. The molecule has 0 saturated heterocycles. The van der Waals surface area contributed by atoms with Crippen molar-refractivity contribution in [1.82, 2.24) is 10.6 Å². The van der Waals surface area contributed by atoms with Crippen molar-refractivity contribution < 1.29 is 4.79 Å². The van der Waals surface area contributed by atoms with Crippen LogP contribution in [0.1, 0.15) is 5.56 Å². The smallest absolute Gasteiger partial charge is 0.234 e. The highest BCUT2D eigenvalue weighted by atomic mass is 79.9. The molecule has 1 amide bonds.